The number of aryl methyl sites for hydroxylation is 1. The molecule has 0 aliphatic heterocycles. The van der Waals surface area contributed by atoms with Gasteiger partial charge in [0.25, 0.3) is 5.56 Å². The molecule has 6 heteroatoms. The number of hydrogen-bond acceptors (Lipinski definition) is 3. The third kappa shape index (κ3) is 2.78. The SMILES string of the molecule is Bc1ccc2c(=O)n(CC(=O)N(C)C)nc(C(C)C)c2c1C. The number of carbonyl (C=O) groups excluding carboxylic acids is 1. The van der Waals surface area contributed by atoms with Gasteiger partial charge in [-0.25, -0.2) is 4.68 Å². The molecule has 0 spiro atoms. The lowest BCUT2D eigenvalue weighted by Crippen LogP contribution is -2.34. The van der Waals surface area contributed by atoms with E-state index >= 15 is 0 Å². The average molecular weight is 299 g/mol. The van der Waals surface area contributed by atoms with Crippen LogP contribution in [0.25, 0.3) is 10.8 Å². The molecule has 0 radical (unpaired) electrons. The van der Waals surface area contributed by atoms with E-state index in [9.17, 15) is 9.59 Å². The van der Waals surface area contributed by atoms with Crippen LogP contribution in [0.15, 0.2) is 16.9 Å². The van der Waals surface area contributed by atoms with Gasteiger partial charge in [0, 0.05) is 19.5 Å². The van der Waals surface area contributed by atoms with Gasteiger partial charge in [-0.1, -0.05) is 25.4 Å². The lowest BCUT2D eigenvalue weighted by molar-refractivity contribution is -0.129. The number of nitrogens with zero attached hydrogens (tertiary/aromatic N) is 3. The van der Waals surface area contributed by atoms with E-state index in [-0.39, 0.29) is 23.9 Å². The van der Waals surface area contributed by atoms with E-state index in [0.29, 0.717) is 5.39 Å². The van der Waals surface area contributed by atoms with Crippen LogP contribution in [0.5, 0.6) is 0 Å². The summed E-state index contributed by atoms with van der Waals surface area (Å²) in [5, 5.41) is 6.04. The summed E-state index contributed by atoms with van der Waals surface area (Å²) in [7, 11) is 5.37. The molecule has 0 aliphatic carbocycles. The highest BCUT2D eigenvalue weighted by Crippen LogP contribution is 2.23. The van der Waals surface area contributed by atoms with Gasteiger partial charge in [0.2, 0.25) is 5.91 Å². The molecule has 116 valence electrons. The third-order valence-electron chi connectivity index (χ3n) is 4.02. The topological polar surface area (TPSA) is 55.2 Å². The van der Waals surface area contributed by atoms with Crippen LogP contribution in [0.2, 0.25) is 0 Å². The Balaban J connectivity index is 2.77. The number of aromatic nitrogens is 2. The summed E-state index contributed by atoms with van der Waals surface area (Å²) in [6.45, 7) is 6.08. The molecular weight excluding hydrogens is 277 g/mol. The molecule has 0 unspecified atom stereocenters. The molecule has 0 N–H and O–H groups in total. The summed E-state index contributed by atoms with van der Waals surface area (Å²) >= 11 is 0. The van der Waals surface area contributed by atoms with E-state index in [4.69, 9.17) is 0 Å². The van der Waals surface area contributed by atoms with Gasteiger partial charge in [-0.15, -0.1) is 0 Å². The first-order chi connectivity index (χ1) is 10.2. The number of benzene rings is 1. The number of amides is 1. The summed E-state index contributed by atoms with van der Waals surface area (Å²) in [6, 6.07) is 3.78. The molecule has 1 aromatic carbocycles. The van der Waals surface area contributed by atoms with Crippen molar-refractivity contribution in [3.63, 3.8) is 0 Å². The molecule has 1 amide bonds. The molecule has 0 fully saturated rings. The average Bonchev–Trinajstić information content (AvgIpc) is 2.44. The highest BCUT2D eigenvalue weighted by Gasteiger charge is 2.17. The predicted octanol–water partition coefficient (Wildman–Crippen LogP) is 0.175. The standard InChI is InChI=1S/C16H22BN3O2/c1-9(2)15-14-10(3)12(17)7-6-11(14)16(22)20(18-15)8-13(21)19(4)5/h6-7,9H,8,17H2,1-5H3. The summed E-state index contributed by atoms with van der Waals surface area (Å²) in [4.78, 5) is 26.0. The predicted molar refractivity (Wildman–Crippen MR) is 91.7 cm³/mol. The zero-order chi connectivity index (χ0) is 16.6. The molecule has 0 atom stereocenters. The summed E-state index contributed by atoms with van der Waals surface area (Å²) in [5.41, 5.74) is 2.87. The third-order valence-corrected chi connectivity index (χ3v) is 4.02. The van der Waals surface area contributed by atoms with E-state index in [2.05, 4.69) is 5.10 Å². The van der Waals surface area contributed by atoms with Gasteiger partial charge < -0.3 is 4.90 Å². The van der Waals surface area contributed by atoms with E-state index < -0.39 is 0 Å². The minimum Gasteiger partial charge on any atom is -0.347 e. The van der Waals surface area contributed by atoms with Crippen molar-refractivity contribution in [1.29, 1.82) is 0 Å². The maximum absolute atomic E-state index is 12.7. The molecule has 0 saturated heterocycles. The van der Waals surface area contributed by atoms with Crippen molar-refractivity contribution in [3.8, 4) is 0 Å². The highest BCUT2D eigenvalue weighted by atomic mass is 16.2. The Morgan fingerprint density at radius 3 is 2.55 bits per heavy atom. The van der Waals surface area contributed by atoms with Crippen LogP contribution < -0.4 is 11.0 Å². The molecule has 2 rings (SSSR count). The van der Waals surface area contributed by atoms with Gasteiger partial charge in [-0.05, 0) is 24.5 Å². The Morgan fingerprint density at radius 1 is 1.36 bits per heavy atom. The largest absolute Gasteiger partial charge is 0.347 e. The molecule has 22 heavy (non-hydrogen) atoms. The number of rotatable bonds is 3. The lowest BCUT2D eigenvalue weighted by atomic mass is 9.86. The summed E-state index contributed by atoms with van der Waals surface area (Å²) in [6.07, 6.45) is 0. The Morgan fingerprint density at radius 2 is 2.00 bits per heavy atom. The van der Waals surface area contributed by atoms with Crippen LogP contribution in [-0.2, 0) is 11.3 Å². The van der Waals surface area contributed by atoms with Crippen molar-refractivity contribution in [1.82, 2.24) is 14.7 Å². The van der Waals surface area contributed by atoms with Crippen molar-refractivity contribution in [2.75, 3.05) is 14.1 Å². The van der Waals surface area contributed by atoms with E-state index in [1.165, 1.54) is 9.58 Å². The Labute approximate surface area is 131 Å². The lowest BCUT2D eigenvalue weighted by Gasteiger charge is -2.17. The summed E-state index contributed by atoms with van der Waals surface area (Å²) < 4.78 is 1.29. The van der Waals surface area contributed by atoms with Gasteiger partial charge in [-0.3, -0.25) is 9.59 Å². The second kappa shape index (κ2) is 5.95. The molecule has 0 saturated carbocycles. The van der Waals surface area contributed by atoms with Crippen molar-refractivity contribution >= 4 is 30.0 Å². The van der Waals surface area contributed by atoms with Crippen LogP contribution in [0, 0.1) is 6.92 Å². The smallest absolute Gasteiger partial charge is 0.275 e. The first-order valence-electron chi connectivity index (χ1n) is 7.45. The van der Waals surface area contributed by atoms with Gasteiger partial charge in [0.15, 0.2) is 0 Å². The fourth-order valence-corrected chi connectivity index (χ4v) is 2.47. The number of fused-ring (bicyclic) bond motifs is 1. The molecular formula is C16H22BN3O2. The van der Waals surface area contributed by atoms with Crippen molar-refractivity contribution < 1.29 is 4.79 Å². The number of carbonyl (C=O) groups is 1. The Hall–Kier alpha value is -2.11. The molecule has 1 heterocycles. The minimum absolute atomic E-state index is 0.0333. The molecule has 2 aromatic rings. The maximum Gasteiger partial charge on any atom is 0.275 e. The highest BCUT2D eigenvalue weighted by molar-refractivity contribution is 6.34. The first-order valence-corrected chi connectivity index (χ1v) is 7.45. The Bertz CT molecular complexity index is 794. The molecule has 5 nitrogen and oxygen atoms in total. The Kier molecular flexibility index (Phi) is 4.40. The van der Waals surface area contributed by atoms with Gasteiger partial charge >= 0.3 is 0 Å². The van der Waals surface area contributed by atoms with E-state index in [1.807, 2.05) is 40.8 Å². The molecule has 0 bridgehead atoms. The monoisotopic (exact) mass is 299 g/mol. The normalized spacial score (nSPS) is 11.2. The van der Waals surface area contributed by atoms with Gasteiger partial charge in [0.1, 0.15) is 14.4 Å². The van der Waals surface area contributed by atoms with Crippen molar-refractivity contribution in [2.45, 2.75) is 33.2 Å². The van der Waals surface area contributed by atoms with Gasteiger partial charge in [-0.2, -0.15) is 5.10 Å². The second-order valence-corrected chi connectivity index (χ2v) is 6.22. The van der Waals surface area contributed by atoms with Crippen LogP contribution >= 0.6 is 0 Å². The zero-order valence-electron chi connectivity index (χ0n) is 14.1. The molecule has 1 aromatic heterocycles. The summed E-state index contributed by atoms with van der Waals surface area (Å²) in [5.74, 6) is 0.0248. The number of hydrogen-bond donors (Lipinski definition) is 0. The van der Waals surface area contributed by atoms with Crippen LogP contribution in [0.1, 0.15) is 31.0 Å². The van der Waals surface area contributed by atoms with Crippen LogP contribution in [0.4, 0.5) is 0 Å². The zero-order valence-corrected chi connectivity index (χ0v) is 14.1. The first kappa shape index (κ1) is 16.3. The van der Waals surface area contributed by atoms with Crippen LogP contribution in [-0.4, -0.2) is 42.5 Å². The van der Waals surface area contributed by atoms with Crippen LogP contribution in [0.3, 0.4) is 0 Å². The van der Waals surface area contributed by atoms with E-state index in [1.54, 1.807) is 14.1 Å². The quantitative estimate of drug-likeness (QED) is 0.760. The minimum atomic E-state index is -0.210. The van der Waals surface area contributed by atoms with Crippen molar-refractivity contribution in [2.24, 2.45) is 0 Å². The number of likely N-dealkylation sites (N-methyl/N-ethyl adjacent to an activating group) is 1. The van der Waals surface area contributed by atoms with Gasteiger partial charge in [0.05, 0.1) is 11.1 Å². The van der Waals surface area contributed by atoms with E-state index in [0.717, 1.165) is 22.1 Å². The van der Waals surface area contributed by atoms with Crippen molar-refractivity contribution in [3.05, 3.63) is 33.7 Å². The maximum atomic E-state index is 12.7. The fourth-order valence-electron chi connectivity index (χ4n) is 2.47. The molecule has 0 aliphatic rings. The second-order valence-electron chi connectivity index (χ2n) is 6.22. The fraction of sp³-hybridized carbons (Fsp3) is 0.438.